The molecule has 1 heterocycles. The van der Waals surface area contributed by atoms with Gasteiger partial charge < -0.3 is 10.1 Å². The number of rotatable bonds is 5. The summed E-state index contributed by atoms with van der Waals surface area (Å²) in [5, 5.41) is 3.74. The average Bonchev–Trinajstić information content (AvgIpc) is 2.77. The standard InChI is InChI=1S/C25H21FN2O2/c1-16-13-23(25(29)27-15-17-5-3-6-20(14-17)30-2)22-8-4-7-21(24(22)28-16)18-9-11-19(26)12-10-18/h3-14H,15H2,1-2H3,(H,27,29). The predicted octanol–water partition coefficient (Wildman–Crippen LogP) is 5.29. The third-order valence-electron chi connectivity index (χ3n) is 4.95. The second-order valence-electron chi connectivity index (χ2n) is 7.05. The van der Waals surface area contributed by atoms with E-state index >= 15 is 0 Å². The lowest BCUT2D eigenvalue weighted by Crippen LogP contribution is -2.23. The van der Waals surface area contributed by atoms with E-state index < -0.39 is 0 Å². The number of amides is 1. The quantitative estimate of drug-likeness (QED) is 0.495. The number of carbonyl (C=O) groups is 1. The van der Waals surface area contributed by atoms with Crippen LogP contribution in [-0.4, -0.2) is 18.0 Å². The molecule has 0 saturated heterocycles. The number of benzene rings is 3. The minimum absolute atomic E-state index is 0.176. The topological polar surface area (TPSA) is 51.2 Å². The summed E-state index contributed by atoms with van der Waals surface area (Å²) >= 11 is 0. The molecule has 0 spiro atoms. The van der Waals surface area contributed by atoms with Gasteiger partial charge in [0.05, 0.1) is 18.2 Å². The maximum atomic E-state index is 13.3. The molecular weight excluding hydrogens is 379 g/mol. The van der Waals surface area contributed by atoms with Gasteiger partial charge >= 0.3 is 0 Å². The van der Waals surface area contributed by atoms with E-state index in [2.05, 4.69) is 10.3 Å². The number of para-hydroxylation sites is 1. The first-order chi connectivity index (χ1) is 14.5. The summed E-state index contributed by atoms with van der Waals surface area (Å²) in [4.78, 5) is 17.7. The molecule has 30 heavy (non-hydrogen) atoms. The van der Waals surface area contributed by atoms with Crippen LogP contribution in [0, 0.1) is 12.7 Å². The summed E-state index contributed by atoms with van der Waals surface area (Å²) in [5.74, 6) is 0.279. The number of ether oxygens (including phenoxy) is 1. The maximum Gasteiger partial charge on any atom is 0.252 e. The minimum atomic E-state index is -0.291. The molecule has 0 saturated carbocycles. The number of aromatic nitrogens is 1. The summed E-state index contributed by atoms with van der Waals surface area (Å²) in [7, 11) is 1.61. The zero-order chi connectivity index (χ0) is 21.1. The van der Waals surface area contributed by atoms with Crippen LogP contribution in [0.3, 0.4) is 0 Å². The van der Waals surface area contributed by atoms with Crippen molar-refractivity contribution in [3.8, 4) is 16.9 Å². The second kappa shape index (κ2) is 8.33. The van der Waals surface area contributed by atoms with Gasteiger partial charge in [0.15, 0.2) is 0 Å². The Morgan fingerprint density at radius 1 is 1.03 bits per heavy atom. The highest BCUT2D eigenvalue weighted by Crippen LogP contribution is 2.30. The number of methoxy groups -OCH3 is 1. The van der Waals surface area contributed by atoms with Crippen molar-refractivity contribution in [2.45, 2.75) is 13.5 Å². The van der Waals surface area contributed by atoms with Gasteiger partial charge in [0.25, 0.3) is 5.91 Å². The first kappa shape index (κ1) is 19.6. The van der Waals surface area contributed by atoms with Crippen LogP contribution in [0.25, 0.3) is 22.0 Å². The van der Waals surface area contributed by atoms with Gasteiger partial charge in [0.1, 0.15) is 11.6 Å². The van der Waals surface area contributed by atoms with Crippen LogP contribution in [0.4, 0.5) is 4.39 Å². The molecule has 0 radical (unpaired) electrons. The van der Waals surface area contributed by atoms with Crippen molar-refractivity contribution in [3.63, 3.8) is 0 Å². The van der Waals surface area contributed by atoms with Gasteiger partial charge in [0, 0.05) is 23.2 Å². The highest BCUT2D eigenvalue weighted by molar-refractivity contribution is 6.09. The lowest BCUT2D eigenvalue weighted by Gasteiger charge is -2.12. The summed E-state index contributed by atoms with van der Waals surface area (Å²) in [6, 6.07) is 21.4. The molecule has 4 nitrogen and oxygen atoms in total. The van der Waals surface area contributed by atoms with Gasteiger partial charge in [-0.2, -0.15) is 0 Å². The molecule has 0 aliphatic rings. The van der Waals surface area contributed by atoms with Crippen LogP contribution in [0.5, 0.6) is 5.75 Å². The highest BCUT2D eigenvalue weighted by atomic mass is 19.1. The Labute approximate surface area is 174 Å². The van der Waals surface area contributed by atoms with Crippen molar-refractivity contribution in [2.75, 3.05) is 7.11 Å². The molecule has 150 valence electrons. The van der Waals surface area contributed by atoms with Crippen molar-refractivity contribution in [2.24, 2.45) is 0 Å². The maximum absolute atomic E-state index is 13.3. The van der Waals surface area contributed by atoms with E-state index in [1.807, 2.05) is 49.4 Å². The number of hydrogen-bond acceptors (Lipinski definition) is 3. The van der Waals surface area contributed by atoms with Crippen LogP contribution in [0.1, 0.15) is 21.6 Å². The molecule has 4 rings (SSSR count). The third-order valence-corrected chi connectivity index (χ3v) is 4.95. The molecule has 4 aromatic rings. The van der Waals surface area contributed by atoms with Gasteiger partial charge in [-0.1, -0.05) is 42.5 Å². The number of pyridine rings is 1. The average molecular weight is 400 g/mol. The number of carbonyl (C=O) groups excluding carboxylic acids is 1. The van der Waals surface area contributed by atoms with Crippen molar-refractivity contribution in [1.82, 2.24) is 10.3 Å². The van der Waals surface area contributed by atoms with Crippen LogP contribution < -0.4 is 10.1 Å². The highest BCUT2D eigenvalue weighted by Gasteiger charge is 2.15. The number of halogens is 1. The molecule has 0 aliphatic heterocycles. The SMILES string of the molecule is COc1cccc(CNC(=O)c2cc(C)nc3c(-c4ccc(F)cc4)cccc23)c1. The minimum Gasteiger partial charge on any atom is -0.497 e. The molecule has 1 N–H and O–H groups in total. The molecule has 3 aromatic carbocycles. The molecule has 0 aliphatic carbocycles. The van der Waals surface area contributed by atoms with Crippen molar-refractivity contribution < 1.29 is 13.9 Å². The Morgan fingerprint density at radius 3 is 2.57 bits per heavy atom. The predicted molar refractivity (Wildman–Crippen MR) is 116 cm³/mol. The van der Waals surface area contributed by atoms with Crippen LogP contribution >= 0.6 is 0 Å². The van der Waals surface area contributed by atoms with E-state index in [0.29, 0.717) is 12.1 Å². The molecule has 0 bridgehead atoms. The van der Waals surface area contributed by atoms with E-state index in [9.17, 15) is 9.18 Å². The van der Waals surface area contributed by atoms with Gasteiger partial charge in [0.2, 0.25) is 0 Å². The monoisotopic (exact) mass is 400 g/mol. The van der Waals surface area contributed by atoms with Crippen LogP contribution in [0.2, 0.25) is 0 Å². The zero-order valence-electron chi connectivity index (χ0n) is 16.8. The number of nitrogens with one attached hydrogen (secondary N) is 1. The molecule has 1 aromatic heterocycles. The second-order valence-corrected chi connectivity index (χ2v) is 7.05. The summed E-state index contributed by atoms with van der Waals surface area (Å²) in [6.45, 7) is 2.25. The fourth-order valence-corrected chi connectivity index (χ4v) is 3.49. The van der Waals surface area contributed by atoms with E-state index in [4.69, 9.17) is 4.74 Å². The lowest BCUT2D eigenvalue weighted by atomic mass is 9.98. The summed E-state index contributed by atoms with van der Waals surface area (Å²) in [5.41, 5.74) is 4.68. The van der Waals surface area contributed by atoms with Crippen molar-refractivity contribution in [3.05, 3.63) is 95.4 Å². The van der Waals surface area contributed by atoms with E-state index in [-0.39, 0.29) is 11.7 Å². The van der Waals surface area contributed by atoms with Gasteiger partial charge in [-0.15, -0.1) is 0 Å². The fraction of sp³-hybridized carbons (Fsp3) is 0.120. The molecule has 0 atom stereocenters. The van der Waals surface area contributed by atoms with E-state index in [0.717, 1.165) is 39.0 Å². The fourth-order valence-electron chi connectivity index (χ4n) is 3.49. The smallest absolute Gasteiger partial charge is 0.252 e. The van der Waals surface area contributed by atoms with Gasteiger partial charge in [-0.05, 0) is 48.4 Å². The van der Waals surface area contributed by atoms with Gasteiger partial charge in [-0.25, -0.2) is 4.39 Å². The van der Waals surface area contributed by atoms with Crippen LogP contribution in [-0.2, 0) is 6.54 Å². The molecule has 0 fully saturated rings. The normalized spacial score (nSPS) is 10.8. The van der Waals surface area contributed by atoms with Crippen molar-refractivity contribution in [1.29, 1.82) is 0 Å². The Balaban J connectivity index is 1.69. The number of hydrogen-bond donors (Lipinski definition) is 1. The largest absolute Gasteiger partial charge is 0.497 e. The molecule has 0 unspecified atom stereocenters. The van der Waals surface area contributed by atoms with Gasteiger partial charge in [-0.3, -0.25) is 9.78 Å². The Morgan fingerprint density at radius 2 is 1.80 bits per heavy atom. The Hall–Kier alpha value is -3.73. The lowest BCUT2D eigenvalue weighted by molar-refractivity contribution is 0.0952. The molecule has 5 heteroatoms. The number of aryl methyl sites for hydroxylation is 1. The van der Waals surface area contributed by atoms with Crippen molar-refractivity contribution >= 4 is 16.8 Å². The van der Waals surface area contributed by atoms with E-state index in [1.54, 1.807) is 25.3 Å². The number of fused-ring (bicyclic) bond motifs is 1. The Kier molecular flexibility index (Phi) is 5.44. The summed E-state index contributed by atoms with van der Waals surface area (Å²) < 4.78 is 18.6. The zero-order valence-corrected chi connectivity index (χ0v) is 16.8. The Bertz CT molecular complexity index is 1220. The van der Waals surface area contributed by atoms with E-state index in [1.165, 1.54) is 12.1 Å². The number of nitrogens with zero attached hydrogens (tertiary/aromatic N) is 1. The first-order valence-corrected chi connectivity index (χ1v) is 9.62. The molecule has 1 amide bonds. The summed E-state index contributed by atoms with van der Waals surface area (Å²) in [6.07, 6.45) is 0. The van der Waals surface area contributed by atoms with Crippen LogP contribution in [0.15, 0.2) is 72.8 Å². The third kappa shape index (κ3) is 4.01. The first-order valence-electron chi connectivity index (χ1n) is 9.62. The molecular formula is C25H21FN2O2.